The average Bonchev–Trinajstić information content (AvgIpc) is 2.86. The van der Waals surface area contributed by atoms with E-state index in [9.17, 15) is 4.79 Å². The van der Waals surface area contributed by atoms with Crippen molar-refractivity contribution >= 4 is 29.1 Å². The monoisotopic (exact) mass is 319 g/mol. The zero-order valence-corrected chi connectivity index (χ0v) is 12.9. The maximum absolute atomic E-state index is 12.2. The zero-order valence-electron chi connectivity index (χ0n) is 11.4. The van der Waals surface area contributed by atoms with Crippen LogP contribution in [0.1, 0.15) is 29.2 Å². The molecule has 108 valence electrons. The number of hydrogen-bond acceptors (Lipinski definition) is 1. The summed E-state index contributed by atoms with van der Waals surface area (Å²) < 4.78 is 0. The van der Waals surface area contributed by atoms with E-state index in [1.54, 1.807) is 12.1 Å². The summed E-state index contributed by atoms with van der Waals surface area (Å²) in [5.41, 5.74) is 3.44. The van der Waals surface area contributed by atoms with Crippen LogP contribution in [-0.2, 0) is 17.6 Å². The SMILES string of the molecule is O=C(Cc1ccc(Cl)c(Cl)c1)NC1CCc2ccccc21. The fourth-order valence-electron chi connectivity index (χ4n) is 2.79. The van der Waals surface area contributed by atoms with E-state index in [0.717, 1.165) is 18.4 Å². The average molecular weight is 320 g/mol. The summed E-state index contributed by atoms with van der Waals surface area (Å²) in [6.07, 6.45) is 2.30. The van der Waals surface area contributed by atoms with Crippen molar-refractivity contribution in [1.29, 1.82) is 0 Å². The molecule has 0 spiro atoms. The number of fused-ring (bicyclic) bond motifs is 1. The number of benzene rings is 2. The Hall–Kier alpha value is -1.51. The van der Waals surface area contributed by atoms with E-state index in [1.165, 1.54) is 11.1 Å². The molecule has 1 atom stereocenters. The van der Waals surface area contributed by atoms with Crippen molar-refractivity contribution < 1.29 is 4.79 Å². The smallest absolute Gasteiger partial charge is 0.224 e. The van der Waals surface area contributed by atoms with Gasteiger partial charge in [0.05, 0.1) is 22.5 Å². The lowest BCUT2D eigenvalue weighted by Gasteiger charge is -2.14. The number of hydrogen-bond donors (Lipinski definition) is 1. The first-order valence-corrected chi connectivity index (χ1v) is 7.70. The minimum atomic E-state index is 0.00934. The standard InChI is InChI=1S/C17H15Cl2NO/c18-14-7-5-11(9-15(14)19)10-17(21)20-16-8-6-12-3-1-2-4-13(12)16/h1-5,7,9,16H,6,8,10H2,(H,20,21). The summed E-state index contributed by atoms with van der Waals surface area (Å²) in [5, 5.41) is 4.09. The highest BCUT2D eigenvalue weighted by atomic mass is 35.5. The van der Waals surface area contributed by atoms with Crippen LogP contribution in [0.3, 0.4) is 0 Å². The fourth-order valence-corrected chi connectivity index (χ4v) is 3.11. The van der Waals surface area contributed by atoms with Crippen LogP contribution in [-0.4, -0.2) is 5.91 Å². The number of amides is 1. The van der Waals surface area contributed by atoms with Crippen LogP contribution in [0.4, 0.5) is 0 Å². The van der Waals surface area contributed by atoms with Gasteiger partial charge in [0.15, 0.2) is 0 Å². The molecule has 1 aliphatic rings. The second-order valence-corrected chi connectivity index (χ2v) is 6.10. The lowest BCUT2D eigenvalue weighted by atomic mass is 10.1. The van der Waals surface area contributed by atoms with Crippen LogP contribution < -0.4 is 5.32 Å². The Kier molecular flexibility index (Phi) is 4.18. The minimum Gasteiger partial charge on any atom is -0.349 e. The molecule has 0 aliphatic heterocycles. The van der Waals surface area contributed by atoms with Crippen molar-refractivity contribution in [1.82, 2.24) is 5.32 Å². The number of carbonyl (C=O) groups excluding carboxylic acids is 1. The molecule has 0 heterocycles. The van der Waals surface area contributed by atoms with Gasteiger partial charge in [-0.25, -0.2) is 0 Å². The first-order chi connectivity index (χ1) is 10.1. The van der Waals surface area contributed by atoms with Gasteiger partial charge < -0.3 is 5.32 Å². The number of carbonyl (C=O) groups is 1. The van der Waals surface area contributed by atoms with Gasteiger partial charge in [0, 0.05) is 0 Å². The van der Waals surface area contributed by atoms with Crippen LogP contribution >= 0.6 is 23.2 Å². The lowest BCUT2D eigenvalue weighted by molar-refractivity contribution is -0.121. The molecule has 0 saturated carbocycles. The molecule has 2 nitrogen and oxygen atoms in total. The molecule has 2 aromatic rings. The first kappa shape index (κ1) is 14.4. The second kappa shape index (κ2) is 6.08. The number of rotatable bonds is 3. The highest BCUT2D eigenvalue weighted by Gasteiger charge is 2.23. The van der Waals surface area contributed by atoms with Gasteiger partial charge in [0.1, 0.15) is 0 Å². The lowest BCUT2D eigenvalue weighted by Crippen LogP contribution is -2.28. The number of aryl methyl sites for hydroxylation is 1. The van der Waals surface area contributed by atoms with Crippen molar-refractivity contribution in [3.63, 3.8) is 0 Å². The Labute approximate surface area is 134 Å². The summed E-state index contributed by atoms with van der Waals surface area (Å²) in [6.45, 7) is 0. The van der Waals surface area contributed by atoms with Gasteiger partial charge in [0.25, 0.3) is 0 Å². The highest BCUT2D eigenvalue weighted by molar-refractivity contribution is 6.42. The maximum Gasteiger partial charge on any atom is 0.224 e. The molecule has 0 bridgehead atoms. The Morgan fingerprint density at radius 3 is 2.76 bits per heavy atom. The van der Waals surface area contributed by atoms with Crippen LogP contribution in [0.15, 0.2) is 42.5 Å². The molecule has 4 heteroatoms. The summed E-state index contributed by atoms with van der Waals surface area (Å²) in [5.74, 6) is 0.00934. The van der Waals surface area contributed by atoms with Gasteiger partial charge in [0.2, 0.25) is 5.91 Å². The summed E-state index contributed by atoms with van der Waals surface area (Å²) in [6, 6.07) is 13.7. The predicted molar refractivity (Wildman–Crippen MR) is 85.8 cm³/mol. The second-order valence-electron chi connectivity index (χ2n) is 5.28. The molecule has 0 fully saturated rings. The van der Waals surface area contributed by atoms with Crippen LogP contribution in [0.2, 0.25) is 10.0 Å². The van der Waals surface area contributed by atoms with Crippen LogP contribution in [0.25, 0.3) is 0 Å². The van der Waals surface area contributed by atoms with E-state index in [0.29, 0.717) is 16.5 Å². The summed E-state index contributed by atoms with van der Waals surface area (Å²) in [7, 11) is 0. The van der Waals surface area contributed by atoms with E-state index in [1.807, 2.05) is 18.2 Å². The Bertz CT molecular complexity index is 684. The van der Waals surface area contributed by atoms with Crippen molar-refractivity contribution in [3.8, 4) is 0 Å². The fraction of sp³-hybridized carbons (Fsp3) is 0.235. The number of nitrogens with one attached hydrogen (secondary N) is 1. The van der Waals surface area contributed by atoms with E-state index in [2.05, 4.69) is 17.4 Å². The largest absolute Gasteiger partial charge is 0.349 e. The summed E-state index contributed by atoms with van der Waals surface area (Å²) in [4.78, 5) is 12.2. The Morgan fingerprint density at radius 1 is 1.14 bits per heavy atom. The molecule has 1 aliphatic carbocycles. The molecule has 0 saturated heterocycles. The van der Waals surface area contributed by atoms with Crippen LogP contribution in [0, 0.1) is 0 Å². The molecule has 1 N–H and O–H groups in total. The molecule has 21 heavy (non-hydrogen) atoms. The van der Waals surface area contributed by atoms with Gasteiger partial charge in [-0.1, -0.05) is 53.5 Å². The zero-order chi connectivity index (χ0) is 14.8. The molecular formula is C17H15Cl2NO. The molecule has 1 unspecified atom stereocenters. The van der Waals surface area contributed by atoms with E-state index >= 15 is 0 Å². The van der Waals surface area contributed by atoms with Gasteiger partial charge in [-0.15, -0.1) is 0 Å². The van der Waals surface area contributed by atoms with Crippen molar-refractivity contribution in [3.05, 3.63) is 69.2 Å². The van der Waals surface area contributed by atoms with Crippen molar-refractivity contribution in [2.75, 3.05) is 0 Å². The molecule has 1 amide bonds. The molecule has 0 aromatic heterocycles. The third-order valence-electron chi connectivity index (χ3n) is 3.82. The van der Waals surface area contributed by atoms with E-state index < -0.39 is 0 Å². The van der Waals surface area contributed by atoms with Gasteiger partial charge in [-0.05, 0) is 41.7 Å². The van der Waals surface area contributed by atoms with E-state index in [4.69, 9.17) is 23.2 Å². The maximum atomic E-state index is 12.2. The molecule has 0 radical (unpaired) electrons. The topological polar surface area (TPSA) is 29.1 Å². The van der Waals surface area contributed by atoms with Crippen LogP contribution in [0.5, 0.6) is 0 Å². The highest BCUT2D eigenvalue weighted by Crippen LogP contribution is 2.30. The van der Waals surface area contributed by atoms with Crippen molar-refractivity contribution in [2.24, 2.45) is 0 Å². The van der Waals surface area contributed by atoms with Crippen molar-refractivity contribution in [2.45, 2.75) is 25.3 Å². The molecule has 3 rings (SSSR count). The Morgan fingerprint density at radius 2 is 1.95 bits per heavy atom. The van der Waals surface area contributed by atoms with E-state index in [-0.39, 0.29) is 11.9 Å². The Balaban J connectivity index is 1.66. The van der Waals surface area contributed by atoms with Gasteiger partial charge in [-0.2, -0.15) is 0 Å². The molecular weight excluding hydrogens is 305 g/mol. The third-order valence-corrected chi connectivity index (χ3v) is 4.56. The predicted octanol–water partition coefficient (Wildman–Crippen LogP) is 4.34. The number of halogens is 2. The first-order valence-electron chi connectivity index (χ1n) is 6.94. The minimum absolute atomic E-state index is 0.00934. The van der Waals surface area contributed by atoms with Gasteiger partial charge in [-0.3, -0.25) is 4.79 Å². The third kappa shape index (κ3) is 3.22. The van der Waals surface area contributed by atoms with Gasteiger partial charge >= 0.3 is 0 Å². The summed E-state index contributed by atoms with van der Waals surface area (Å²) >= 11 is 11.8. The quantitative estimate of drug-likeness (QED) is 0.895. The normalized spacial score (nSPS) is 16.6. The molecule has 2 aromatic carbocycles.